The van der Waals surface area contributed by atoms with Gasteiger partial charge in [-0.3, -0.25) is 4.90 Å². The Morgan fingerprint density at radius 1 is 1.03 bits per heavy atom. The predicted octanol–water partition coefficient (Wildman–Crippen LogP) is 1.86. The number of anilines is 1. The van der Waals surface area contributed by atoms with Crippen molar-refractivity contribution in [1.29, 1.82) is 0 Å². The Morgan fingerprint density at radius 2 is 1.79 bits per heavy atom. The minimum atomic E-state index is 0.169. The second-order valence-electron chi connectivity index (χ2n) is 7.66. The van der Waals surface area contributed by atoms with E-state index in [4.69, 9.17) is 19.7 Å². The van der Waals surface area contributed by atoms with Crippen LogP contribution in [0.25, 0.3) is 23.1 Å². The number of rotatable bonds is 7. The molecular formula is C22H24N8O3. The topological polar surface area (TPSA) is 130 Å². The molecule has 33 heavy (non-hydrogen) atoms. The third-order valence-corrected chi connectivity index (χ3v) is 5.47. The maximum atomic E-state index is 6.29. The standard InChI is InChI=1S/C22H24N8O3/c1-31-17-3-2-8-24-18(17)21-25-22(33-27-21)19-20(23)30(28-26-19)14-16-6-4-15(5-7-16)13-29-9-11-32-12-10-29/h2-8H,9-14,23H2,1H3. The molecule has 1 aromatic carbocycles. The number of nitrogen functional groups attached to an aromatic ring is 1. The Morgan fingerprint density at radius 3 is 2.55 bits per heavy atom. The first kappa shape index (κ1) is 21.0. The zero-order chi connectivity index (χ0) is 22.6. The van der Waals surface area contributed by atoms with Crippen molar-refractivity contribution in [3.8, 4) is 28.9 Å². The Labute approximate surface area is 190 Å². The van der Waals surface area contributed by atoms with Crippen molar-refractivity contribution in [3.05, 3.63) is 53.7 Å². The fourth-order valence-electron chi connectivity index (χ4n) is 3.67. The summed E-state index contributed by atoms with van der Waals surface area (Å²) in [4.78, 5) is 11.0. The summed E-state index contributed by atoms with van der Waals surface area (Å²) in [7, 11) is 1.56. The third kappa shape index (κ3) is 4.54. The van der Waals surface area contributed by atoms with Crippen molar-refractivity contribution in [2.75, 3.05) is 39.1 Å². The molecule has 3 aromatic heterocycles. The van der Waals surface area contributed by atoms with Gasteiger partial charge in [0.05, 0.1) is 26.9 Å². The molecule has 1 fully saturated rings. The molecule has 0 spiro atoms. The number of pyridine rings is 1. The number of morpholine rings is 1. The first-order chi connectivity index (χ1) is 16.2. The van der Waals surface area contributed by atoms with E-state index in [1.54, 1.807) is 30.1 Å². The first-order valence-corrected chi connectivity index (χ1v) is 10.6. The van der Waals surface area contributed by atoms with E-state index in [0.717, 1.165) is 38.4 Å². The van der Waals surface area contributed by atoms with Gasteiger partial charge in [0, 0.05) is 25.8 Å². The van der Waals surface area contributed by atoms with Crippen molar-refractivity contribution in [2.24, 2.45) is 0 Å². The maximum absolute atomic E-state index is 6.29. The Kier molecular flexibility index (Phi) is 5.96. The summed E-state index contributed by atoms with van der Waals surface area (Å²) in [5.74, 6) is 1.34. The van der Waals surface area contributed by atoms with Crippen LogP contribution in [0.5, 0.6) is 5.75 Å². The van der Waals surface area contributed by atoms with E-state index >= 15 is 0 Å². The van der Waals surface area contributed by atoms with Crippen molar-refractivity contribution < 1.29 is 14.0 Å². The minimum Gasteiger partial charge on any atom is -0.494 e. The van der Waals surface area contributed by atoms with Gasteiger partial charge in [-0.15, -0.1) is 5.10 Å². The van der Waals surface area contributed by atoms with Crippen LogP contribution in [-0.2, 0) is 17.8 Å². The molecule has 0 saturated carbocycles. The maximum Gasteiger partial charge on any atom is 0.282 e. The van der Waals surface area contributed by atoms with Gasteiger partial charge in [-0.25, -0.2) is 9.67 Å². The van der Waals surface area contributed by atoms with E-state index in [1.165, 1.54) is 5.56 Å². The average molecular weight is 448 g/mol. The Hall–Kier alpha value is -3.83. The summed E-state index contributed by atoms with van der Waals surface area (Å²) in [5.41, 5.74) is 9.41. The number of ether oxygens (including phenoxy) is 2. The number of nitrogens with zero attached hydrogens (tertiary/aromatic N) is 7. The van der Waals surface area contributed by atoms with Gasteiger partial charge >= 0.3 is 0 Å². The van der Waals surface area contributed by atoms with Crippen LogP contribution in [0, 0.1) is 0 Å². The Balaban J connectivity index is 1.29. The number of nitrogens with two attached hydrogens (primary N) is 1. The van der Waals surface area contributed by atoms with Crippen LogP contribution in [0.15, 0.2) is 47.1 Å². The summed E-state index contributed by atoms with van der Waals surface area (Å²) >= 11 is 0. The molecule has 0 unspecified atom stereocenters. The van der Waals surface area contributed by atoms with Gasteiger partial charge in [0.25, 0.3) is 5.89 Å². The van der Waals surface area contributed by atoms with Crippen molar-refractivity contribution in [1.82, 2.24) is 35.0 Å². The van der Waals surface area contributed by atoms with Crippen LogP contribution in [0.1, 0.15) is 11.1 Å². The lowest BCUT2D eigenvalue weighted by atomic mass is 10.1. The van der Waals surface area contributed by atoms with Crippen LogP contribution >= 0.6 is 0 Å². The van der Waals surface area contributed by atoms with Gasteiger partial charge in [-0.1, -0.05) is 34.6 Å². The molecule has 5 rings (SSSR count). The summed E-state index contributed by atoms with van der Waals surface area (Å²) in [6.45, 7) is 4.91. The van der Waals surface area contributed by atoms with E-state index in [9.17, 15) is 0 Å². The van der Waals surface area contributed by atoms with Crippen molar-refractivity contribution in [2.45, 2.75) is 13.1 Å². The molecule has 0 aliphatic carbocycles. The molecule has 11 heteroatoms. The highest BCUT2D eigenvalue weighted by atomic mass is 16.5. The van der Waals surface area contributed by atoms with Gasteiger partial charge in [0.2, 0.25) is 5.82 Å². The normalized spacial score (nSPS) is 14.5. The first-order valence-electron chi connectivity index (χ1n) is 10.6. The molecule has 4 heterocycles. The summed E-state index contributed by atoms with van der Waals surface area (Å²) < 4.78 is 17.7. The monoisotopic (exact) mass is 448 g/mol. The van der Waals surface area contributed by atoms with Crippen molar-refractivity contribution >= 4 is 5.82 Å². The predicted molar refractivity (Wildman–Crippen MR) is 119 cm³/mol. The van der Waals surface area contributed by atoms with Crippen molar-refractivity contribution in [3.63, 3.8) is 0 Å². The molecule has 4 aromatic rings. The highest BCUT2D eigenvalue weighted by molar-refractivity contribution is 5.65. The molecule has 1 aliphatic heterocycles. The molecule has 170 valence electrons. The molecular weight excluding hydrogens is 424 g/mol. The van der Waals surface area contributed by atoms with Crippen LogP contribution in [0.4, 0.5) is 5.82 Å². The van der Waals surface area contributed by atoms with Gasteiger partial charge in [-0.2, -0.15) is 4.98 Å². The lowest BCUT2D eigenvalue weighted by molar-refractivity contribution is 0.0342. The van der Waals surface area contributed by atoms with Crippen LogP contribution in [-0.4, -0.2) is 68.4 Å². The zero-order valence-corrected chi connectivity index (χ0v) is 18.2. The smallest absolute Gasteiger partial charge is 0.282 e. The van der Waals surface area contributed by atoms with E-state index in [-0.39, 0.29) is 11.7 Å². The number of hydrogen-bond donors (Lipinski definition) is 1. The van der Waals surface area contributed by atoms with Gasteiger partial charge in [-0.05, 0) is 23.3 Å². The van der Waals surface area contributed by atoms with Crippen LogP contribution in [0.3, 0.4) is 0 Å². The molecule has 1 aliphatic rings. The fraction of sp³-hybridized carbons (Fsp3) is 0.318. The van der Waals surface area contributed by atoms with E-state index in [0.29, 0.717) is 29.5 Å². The second-order valence-corrected chi connectivity index (χ2v) is 7.66. The molecule has 0 radical (unpaired) electrons. The average Bonchev–Trinajstić information content (AvgIpc) is 3.48. The number of hydrogen-bond acceptors (Lipinski definition) is 10. The molecule has 0 bridgehead atoms. The summed E-state index contributed by atoms with van der Waals surface area (Å²) in [6, 6.07) is 12.0. The highest BCUT2D eigenvalue weighted by Crippen LogP contribution is 2.28. The summed E-state index contributed by atoms with van der Waals surface area (Å²) in [5, 5.41) is 12.3. The molecule has 1 saturated heterocycles. The van der Waals surface area contributed by atoms with Gasteiger partial charge < -0.3 is 19.7 Å². The number of methoxy groups -OCH3 is 1. The number of benzene rings is 1. The lowest BCUT2D eigenvalue weighted by Crippen LogP contribution is -2.35. The molecule has 0 amide bonds. The van der Waals surface area contributed by atoms with Gasteiger partial charge in [0.15, 0.2) is 17.2 Å². The van der Waals surface area contributed by atoms with E-state index in [1.807, 2.05) is 0 Å². The fourth-order valence-corrected chi connectivity index (χ4v) is 3.67. The van der Waals surface area contributed by atoms with Crippen LogP contribution < -0.4 is 10.5 Å². The van der Waals surface area contributed by atoms with E-state index in [2.05, 4.69) is 54.6 Å². The van der Waals surface area contributed by atoms with E-state index < -0.39 is 0 Å². The highest BCUT2D eigenvalue weighted by Gasteiger charge is 2.21. The quantitative estimate of drug-likeness (QED) is 0.447. The van der Waals surface area contributed by atoms with Crippen LogP contribution in [0.2, 0.25) is 0 Å². The molecule has 0 atom stereocenters. The SMILES string of the molecule is COc1cccnc1-c1noc(-c2nnn(Cc3ccc(CN4CCOCC4)cc3)c2N)n1. The largest absolute Gasteiger partial charge is 0.494 e. The molecule has 2 N–H and O–H groups in total. The minimum absolute atomic E-state index is 0.169. The Bertz CT molecular complexity index is 1210. The number of aromatic nitrogens is 6. The summed E-state index contributed by atoms with van der Waals surface area (Å²) in [6.07, 6.45) is 1.63. The zero-order valence-electron chi connectivity index (χ0n) is 18.2. The lowest BCUT2D eigenvalue weighted by Gasteiger charge is -2.26. The van der Waals surface area contributed by atoms with Gasteiger partial charge in [0.1, 0.15) is 5.75 Å². The third-order valence-electron chi connectivity index (χ3n) is 5.47. The second kappa shape index (κ2) is 9.35. The molecule has 11 nitrogen and oxygen atoms in total.